The summed E-state index contributed by atoms with van der Waals surface area (Å²) >= 11 is 6.17. The zero-order valence-electron chi connectivity index (χ0n) is 12.3. The number of hydrogen-bond acceptors (Lipinski definition) is 2. The molecule has 0 atom stereocenters. The molecule has 0 N–H and O–H groups in total. The number of likely N-dealkylation sites (N-methyl/N-ethyl adjacent to an activating group) is 1. The zero-order chi connectivity index (χ0) is 15.0. The minimum absolute atomic E-state index is 0.651. The van der Waals surface area contributed by atoms with Gasteiger partial charge in [0.1, 0.15) is 11.4 Å². The van der Waals surface area contributed by atoms with Crippen LogP contribution in [0, 0.1) is 19.3 Å². The molecule has 4 heteroatoms. The van der Waals surface area contributed by atoms with Crippen molar-refractivity contribution in [3.63, 3.8) is 0 Å². The molecular weight excluding hydrogens is 270 g/mol. The van der Waals surface area contributed by atoms with Crippen LogP contribution < -0.4 is 0 Å². The van der Waals surface area contributed by atoms with Crippen LogP contribution in [0.15, 0.2) is 29.0 Å². The van der Waals surface area contributed by atoms with Crippen LogP contribution in [0.5, 0.6) is 0 Å². The maximum absolute atomic E-state index is 6.17. The molecule has 0 aromatic carbocycles. The van der Waals surface area contributed by atoms with E-state index in [1.165, 1.54) is 0 Å². The van der Waals surface area contributed by atoms with Crippen molar-refractivity contribution >= 4 is 17.3 Å². The lowest BCUT2D eigenvalue weighted by atomic mass is 10.0. The van der Waals surface area contributed by atoms with Gasteiger partial charge in [-0.15, -0.1) is 6.42 Å². The van der Waals surface area contributed by atoms with Gasteiger partial charge in [0.05, 0.1) is 16.4 Å². The summed E-state index contributed by atoms with van der Waals surface area (Å²) < 4.78 is 1.85. The molecule has 0 fully saturated rings. The summed E-state index contributed by atoms with van der Waals surface area (Å²) in [6.45, 7) is 10.8. The molecule has 1 aliphatic heterocycles. The molecule has 0 aliphatic carbocycles. The minimum Gasteiger partial charge on any atom is -0.342 e. The summed E-state index contributed by atoms with van der Waals surface area (Å²) in [5.74, 6) is 2.72. The second-order valence-corrected chi connectivity index (χ2v) is 5.22. The van der Waals surface area contributed by atoms with E-state index >= 15 is 0 Å². The van der Waals surface area contributed by atoms with Crippen LogP contribution >= 0.6 is 11.6 Å². The molecule has 1 aromatic rings. The quantitative estimate of drug-likeness (QED) is 0.776. The van der Waals surface area contributed by atoms with Gasteiger partial charge in [-0.2, -0.15) is 5.10 Å². The van der Waals surface area contributed by atoms with Crippen LogP contribution in [0.3, 0.4) is 0 Å². The molecule has 1 aliphatic rings. The van der Waals surface area contributed by atoms with E-state index in [0.29, 0.717) is 5.03 Å². The largest absolute Gasteiger partial charge is 0.342 e. The summed E-state index contributed by atoms with van der Waals surface area (Å²) in [6, 6.07) is 0. The molecule has 2 heterocycles. The Morgan fingerprint density at radius 1 is 1.45 bits per heavy atom. The van der Waals surface area contributed by atoms with Crippen LogP contribution in [-0.2, 0) is 6.54 Å². The molecule has 0 amide bonds. The van der Waals surface area contributed by atoms with E-state index in [-0.39, 0.29) is 0 Å². The van der Waals surface area contributed by atoms with Crippen LogP contribution in [0.2, 0.25) is 0 Å². The first kappa shape index (κ1) is 14.5. The van der Waals surface area contributed by atoms with Gasteiger partial charge in [-0.1, -0.05) is 24.1 Å². The number of terminal acetylenes is 1. The standard InChI is InChI=1S/C16H18ClN3/c1-7-14-11(4)15(18-20(14)8-2)16-10(3)9-13(17)12(5)19(16)6/h1,9H,5,8H2,2-4,6H3. The third-order valence-electron chi connectivity index (χ3n) is 3.58. The number of aromatic nitrogens is 2. The summed E-state index contributed by atoms with van der Waals surface area (Å²) in [4.78, 5) is 1.97. The summed E-state index contributed by atoms with van der Waals surface area (Å²) in [5, 5.41) is 5.30. The summed E-state index contributed by atoms with van der Waals surface area (Å²) in [6.07, 6.45) is 7.51. The van der Waals surface area contributed by atoms with Gasteiger partial charge in [-0.05, 0) is 32.4 Å². The summed E-state index contributed by atoms with van der Waals surface area (Å²) in [7, 11) is 1.94. The highest BCUT2D eigenvalue weighted by Crippen LogP contribution is 2.35. The van der Waals surface area contributed by atoms with Crippen LogP contribution in [-0.4, -0.2) is 21.7 Å². The van der Waals surface area contributed by atoms with Crippen LogP contribution in [0.4, 0.5) is 0 Å². The molecule has 0 unspecified atom stereocenters. The van der Waals surface area contributed by atoms with Gasteiger partial charge in [0.25, 0.3) is 0 Å². The molecule has 0 bridgehead atoms. The lowest BCUT2D eigenvalue weighted by Crippen LogP contribution is -2.21. The van der Waals surface area contributed by atoms with Gasteiger partial charge in [0.15, 0.2) is 0 Å². The van der Waals surface area contributed by atoms with Crippen molar-refractivity contribution in [3.8, 4) is 12.3 Å². The molecule has 0 spiro atoms. The number of allylic oxidation sites excluding steroid dienone is 3. The van der Waals surface area contributed by atoms with E-state index in [4.69, 9.17) is 18.0 Å². The molecule has 104 valence electrons. The fourth-order valence-electron chi connectivity index (χ4n) is 2.44. The third kappa shape index (κ3) is 2.07. The average molecular weight is 288 g/mol. The molecule has 0 radical (unpaired) electrons. The van der Waals surface area contributed by atoms with Gasteiger partial charge < -0.3 is 4.90 Å². The normalized spacial score (nSPS) is 15.5. The zero-order valence-corrected chi connectivity index (χ0v) is 13.0. The predicted molar refractivity (Wildman–Crippen MR) is 84.0 cm³/mol. The number of hydrogen-bond donors (Lipinski definition) is 0. The predicted octanol–water partition coefficient (Wildman–Crippen LogP) is 3.51. The molecule has 1 aromatic heterocycles. The van der Waals surface area contributed by atoms with E-state index in [1.807, 2.05) is 43.5 Å². The monoisotopic (exact) mass is 287 g/mol. The van der Waals surface area contributed by atoms with E-state index in [0.717, 1.165) is 40.5 Å². The Balaban J connectivity index is 2.69. The topological polar surface area (TPSA) is 21.1 Å². The highest BCUT2D eigenvalue weighted by Gasteiger charge is 2.25. The Morgan fingerprint density at radius 3 is 2.60 bits per heavy atom. The molecule has 2 rings (SSSR count). The second-order valence-electron chi connectivity index (χ2n) is 4.81. The van der Waals surface area contributed by atoms with E-state index in [9.17, 15) is 0 Å². The fraction of sp³-hybridized carbons (Fsp3) is 0.312. The van der Waals surface area contributed by atoms with Crippen molar-refractivity contribution in [1.82, 2.24) is 14.7 Å². The van der Waals surface area contributed by atoms with E-state index in [1.54, 1.807) is 0 Å². The highest BCUT2D eigenvalue weighted by molar-refractivity contribution is 6.32. The Labute approximate surface area is 125 Å². The van der Waals surface area contributed by atoms with Crippen molar-refractivity contribution in [2.45, 2.75) is 27.3 Å². The Morgan fingerprint density at radius 2 is 2.10 bits per heavy atom. The first-order chi connectivity index (χ1) is 9.42. The number of nitrogens with zero attached hydrogens (tertiary/aromatic N) is 3. The fourth-order valence-corrected chi connectivity index (χ4v) is 2.73. The molecule has 0 saturated carbocycles. The maximum Gasteiger partial charge on any atom is 0.114 e. The Bertz CT molecular complexity index is 683. The number of halogens is 1. The molecule has 20 heavy (non-hydrogen) atoms. The van der Waals surface area contributed by atoms with Gasteiger partial charge in [-0.25, -0.2) is 0 Å². The van der Waals surface area contributed by atoms with Crippen molar-refractivity contribution in [2.24, 2.45) is 0 Å². The third-order valence-corrected chi connectivity index (χ3v) is 3.91. The lowest BCUT2D eigenvalue weighted by molar-refractivity contribution is 0.593. The van der Waals surface area contributed by atoms with Crippen LogP contribution in [0.1, 0.15) is 30.8 Å². The number of aryl methyl sites for hydroxylation is 1. The van der Waals surface area contributed by atoms with Gasteiger partial charge in [-0.3, -0.25) is 4.68 Å². The van der Waals surface area contributed by atoms with E-state index < -0.39 is 0 Å². The summed E-state index contributed by atoms with van der Waals surface area (Å²) in [5.41, 5.74) is 5.54. The smallest absolute Gasteiger partial charge is 0.114 e. The van der Waals surface area contributed by atoms with Gasteiger partial charge in [0, 0.05) is 19.2 Å². The van der Waals surface area contributed by atoms with Gasteiger partial charge >= 0.3 is 0 Å². The van der Waals surface area contributed by atoms with Crippen LogP contribution in [0.25, 0.3) is 5.70 Å². The van der Waals surface area contributed by atoms with Crippen molar-refractivity contribution in [2.75, 3.05) is 7.05 Å². The SMILES string of the molecule is C#Cc1c(C)c(C2=C(C)C=C(Cl)C(=C)N2C)nn1CC. The number of rotatable bonds is 2. The molecular formula is C16H18ClN3. The van der Waals surface area contributed by atoms with Gasteiger partial charge in [0.2, 0.25) is 0 Å². The van der Waals surface area contributed by atoms with Crippen molar-refractivity contribution in [3.05, 3.63) is 45.9 Å². The van der Waals surface area contributed by atoms with E-state index in [2.05, 4.69) is 17.6 Å². The van der Waals surface area contributed by atoms with Crippen molar-refractivity contribution in [1.29, 1.82) is 0 Å². The first-order valence-electron chi connectivity index (χ1n) is 6.47. The lowest BCUT2D eigenvalue weighted by Gasteiger charge is -2.29. The highest BCUT2D eigenvalue weighted by atomic mass is 35.5. The Kier molecular flexibility index (Phi) is 3.78. The molecule has 3 nitrogen and oxygen atoms in total. The second kappa shape index (κ2) is 5.22. The van der Waals surface area contributed by atoms with Crippen molar-refractivity contribution < 1.29 is 0 Å². The Hall–Kier alpha value is -1.92. The molecule has 0 saturated heterocycles. The minimum atomic E-state index is 0.651. The maximum atomic E-state index is 6.17. The average Bonchev–Trinajstić information content (AvgIpc) is 2.73. The first-order valence-corrected chi connectivity index (χ1v) is 6.85.